The van der Waals surface area contributed by atoms with Crippen LogP contribution in [-0.2, 0) is 6.54 Å². The molecular formula is C16H14F2N2. The lowest BCUT2D eigenvalue weighted by molar-refractivity contribution is 0.581. The summed E-state index contributed by atoms with van der Waals surface area (Å²) >= 11 is 0. The van der Waals surface area contributed by atoms with Gasteiger partial charge < -0.3 is 4.90 Å². The molecule has 2 aromatic carbocycles. The molecule has 0 amide bonds. The van der Waals surface area contributed by atoms with Crippen LogP contribution in [0, 0.1) is 23.0 Å². The summed E-state index contributed by atoms with van der Waals surface area (Å²) in [6, 6.07) is 14.9. The molecule has 0 N–H and O–H groups in total. The van der Waals surface area contributed by atoms with Gasteiger partial charge in [-0.1, -0.05) is 18.2 Å². The molecule has 20 heavy (non-hydrogen) atoms. The van der Waals surface area contributed by atoms with Crippen LogP contribution in [0.2, 0.25) is 0 Å². The highest BCUT2D eigenvalue weighted by molar-refractivity contribution is 5.46. The number of hydrogen-bond acceptors (Lipinski definition) is 2. The largest absolute Gasteiger partial charge is 0.366 e. The van der Waals surface area contributed by atoms with E-state index in [9.17, 15) is 8.78 Å². The maximum Gasteiger partial charge on any atom is 0.128 e. The molecule has 0 aromatic heterocycles. The van der Waals surface area contributed by atoms with Crippen molar-refractivity contribution in [3.63, 3.8) is 0 Å². The van der Waals surface area contributed by atoms with Crippen molar-refractivity contribution in [2.45, 2.75) is 13.0 Å². The SMILES string of the molecule is N#CCCN(Cc1cc(F)ccc1F)c1ccccc1. The van der Waals surface area contributed by atoms with Crippen molar-refractivity contribution in [3.05, 3.63) is 65.7 Å². The molecule has 0 spiro atoms. The van der Waals surface area contributed by atoms with Crippen molar-refractivity contribution in [3.8, 4) is 6.07 Å². The van der Waals surface area contributed by atoms with Crippen LogP contribution in [0.3, 0.4) is 0 Å². The first-order valence-electron chi connectivity index (χ1n) is 6.31. The smallest absolute Gasteiger partial charge is 0.128 e. The normalized spacial score (nSPS) is 10.1. The van der Waals surface area contributed by atoms with Crippen LogP contribution >= 0.6 is 0 Å². The molecule has 0 aliphatic rings. The van der Waals surface area contributed by atoms with E-state index in [2.05, 4.69) is 6.07 Å². The van der Waals surface area contributed by atoms with Gasteiger partial charge in [0.2, 0.25) is 0 Å². The summed E-state index contributed by atoms with van der Waals surface area (Å²) in [5.74, 6) is -0.904. The molecular weight excluding hydrogens is 258 g/mol. The van der Waals surface area contributed by atoms with Crippen LogP contribution in [0.15, 0.2) is 48.5 Å². The summed E-state index contributed by atoms with van der Waals surface area (Å²) in [7, 11) is 0. The van der Waals surface area contributed by atoms with Gasteiger partial charge in [-0.05, 0) is 30.3 Å². The van der Waals surface area contributed by atoms with Gasteiger partial charge in [-0.25, -0.2) is 8.78 Å². The van der Waals surface area contributed by atoms with Crippen molar-refractivity contribution < 1.29 is 8.78 Å². The van der Waals surface area contributed by atoms with E-state index in [-0.39, 0.29) is 12.1 Å². The zero-order chi connectivity index (χ0) is 14.4. The minimum absolute atomic E-state index is 0.231. The fraction of sp³-hybridized carbons (Fsp3) is 0.188. The Kier molecular flexibility index (Phi) is 4.67. The van der Waals surface area contributed by atoms with Crippen LogP contribution in [-0.4, -0.2) is 6.54 Å². The minimum Gasteiger partial charge on any atom is -0.366 e. The van der Waals surface area contributed by atoms with Gasteiger partial charge in [0.05, 0.1) is 12.5 Å². The molecule has 0 aliphatic heterocycles. The predicted molar refractivity (Wildman–Crippen MR) is 74.1 cm³/mol. The Morgan fingerprint density at radius 2 is 1.80 bits per heavy atom. The molecule has 0 fully saturated rings. The molecule has 0 heterocycles. The lowest BCUT2D eigenvalue weighted by Gasteiger charge is -2.24. The summed E-state index contributed by atoms with van der Waals surface area (Å²) in [5, 5.41) is 8.72. The highest BCUT2D eigenvalue weighted by Crippen LogP contribution is 2.19. The maximum atomic E-state index is 13.7. The number of anilines is 1. The summed E-state index contributed by atoms with van der Waals surface area (Å²) in [5.41, 5.74) is 1.17. The molecule has 0 bridgehead atoms. The molecule has 0 aliphatic carbocycles. The van der Waals surface area contributed by atoms with Crippen LogP contribution in [0.5, 0.6) is 0 Å². The summed E-state index contributed by atoms with van der Waals surface area (Å²) < 4.78 is 26.9. The van der Waals surface area contributed by atoms with Gasteiger partial charge in [0, 0.05) is 24.3 Å². The second-order valence-corrected chi connectivity index (χ2v) is 4.40. The summed E-state index contributed by atoms with van der Waals surface area (Å²) in [6.45, 7) is 0.700. The topological polar surface area (TPSA) is 27.0 Å². The van der Waals surface area contributed by atoms with E-state index in [4.69, 9.17) is 5.26 Å². The Morgan fingerprint density at radius 3 is 2.50 bits per heavy atom. The van der Waals surface area contributed by atoms with Gasteiger partial charge in [0.1, 0.15) is 11.6 Å². The van der Waals surface area contributed by atoms with Gasteiger partial charge in [-0.3, -0.25) is 0 Å². The van der Waals surface area contributed by atoms with Gasteiger partial charge in [0.25, 0.3) is 0 Å². The fourth-order valence-corrected chi connectivity index (χ4v) is 1.99. The van der Waals surface area contributed by atoms with E-state index in [1.807, 2.05) is 35.2 Å². The Balaban J connectivity index is 2.24. The number of benzene rings is 2. The van der Waals surface area contributed by atoms with Crippen molar-refractivity contribution in [1.82, 2.24) is 0 Å². The van der Waals surface area contributed by atoms with E-state index in [0.29, 0.717) is 13.0 Å². The average Bonchev–Trinajstić information content (AvgIpc) is 2.48. The Bertz CT molecular complexity index is 606. The molecule has 102 valence electrons. The first-order valence-corrected chi connectivity index (χ1v) is 6.31. The van der Waals surface area contributed by atoms with Crippen LogP contribution in [0.1, 0.15) is 12.0 Å². The second kappa shape index (κ2) is 6.67. The van der Waals surface area contributed by atoms with Gasteiger partial charge in [-0.2, -0.15) is 5.26 Å². The highest BCUT2D eigenvalue weighted by atomic mass is 19.1. The van der Waals surface area contributed by atoms with E-state index in [1.54, 1.807) is 0 Å². The van der Waals surface area contributed by atoms with Crippen molar-refractivity contribution in [1.29, 1.82) is 5.26 Å². The average molecular weight is 272 g/mol. The Hall–Kier alpha value is -2.41. The quantitative estimate of drug-likeness (QED) is 0.825. The number of nitriles is 1. The third-order valence-corrected chi connectivity index (χ3v) is 2.98. The number of para-hydroxylation sites is 1. The highest BCUT2D eigenvalue weighted by Gasteiger charge is 2.11. The molecule has 2 rings (SSSR count). The lowest BCUT2D eigenvalue weighted by atomic mass is 10.1. The number of rotatable bonds is 5. The monoisotopic (exact) mass is 272 g/mol. The molecule has 0 atom stereocenters. The van der Waals surface area contributed by atoms with Crippen LogP contribution < -0.4 is 4.90 Å². The van der Waals surface area contributed by atoms with E-state index in [0.717, 1.165) is 17.8 Å². The molecule has 2 aromatic rings. The first kappa shape index (κ1) is 14.0. The van der Waals surface area contributed by atoms with Crippen molar-refractivity contribution in [2.24, 2.45) is 0 Å². The minimum atomic E-state index is -0.463. The van der Waals surface area contributed by atoms with Crippen LogP contribution in [0.25, 0.3) is 0 Å². The number of hydrogen-bond donors (Lipinski definition) is 0. The third kappa shape index (κ3) is 3.55. The molecule has 0 saturated heterocycles. The number of nitrogens with zero attached hydrogens (tertiary/aromatic N) is 2. The Morgan fingerprint density at radius 1 is 1.05 bits per heavy atom. The van der Waals surface area contributed by atoms with Crippen molar-refractivity contribution >= 4 is 5.69 Å². The molecule has 0 unspecified atom stereocenters. The summed E-state index contributed by atoms with van der Waals surface area (Å²) in [4.78, 5) is 1.86. The second-order valence-electron chi connectivity index (χ2n) is 4.40. The van der Waals surface area contributed by atoms with Crippen molar-refractivity contribution in [2.75, 3.05) is 11.4 Å². The Labute approximate surface area is 116 Å². The van der Waals surface area contributed by atoms with Gasteiger partial charge in [0.15, 0.2) is 0 Å². The third-order valence-electron chi connectivity index (χ3n) is 2.98. The molecule has 0 radical (unpaired) electrons. The first-order chi connectivity index (χ1) is 9.70. The zero-order valence-corrected chi connectivity index (χ0v) is 10.9. The predicted octanol–water partition coefficient (Wildman–Crippen LogP) is 3.89. The molecule has 2 nitrogen and oxygen atoms in total. The standard InChI is InChI=1S/C16H14F2N2/c17-14-7-8-16(18)13(11-14)12-20(10-4-9-19)15-5-2-1-3-6-15/h1-3,5-8,11H,4,10,12H2. The van der Waals surface area contributed by atoms with E-state index in [1.165, 1.54) is 6.07 Å². The maximum absolute atomic E-state index is 13.7. The van der Waals surface area contributed by atoms with E-state index < -0.39 is 11.6 Å². The van der Waals surface area contributed by atoms with Crippen LogP contribution in [0.4, 0.5) is 14.5 Å². The zero-order valence-electron chi connectivity index (χ0n) is 10.9. The van der Waals surface area contributed by atoms with Gasteiger partial charge >= 0.3 is 0 Å². The lowest BCUT2D eigenvalue weighted by Crippen LogP contribution is -2.24. The van der Waals surface area contributed by atoms with E-state index >= 15 is 0 Å². The summed E-state index contributed by atoms with van der Waals surface area (Å²) in [6.07, 6.45) is 0.325. The van der Waals surface area contributed by atoms with Gasteiger partial charge in [-0.15, -0.1) is 0 Å². The number of halogens is 2. The molecule has 0 saturated carbocycles. The fourth-order valence-electron chi connectivity index (χ4n) is 1.99. The molecule has 4 heteroatoms.